The molecule has 1 unspecified atom stereocenters. The van der Waals surface area contributed by atoms with Crippen LogP contribution in [0.3, 0.4) is 0 Å². The molecular formula is C9H10BrO4PS. The van der Waals surface area contributed by atoms with Gasteiger partial charge in [0.15, 0.2) is 21.3 Å². The molecule has 1 aromatic rings. The molecule has 1 aliphatic heterocycles. The molecule has 0 saturated heterocycles. The molecule has 0 saturated carbocycles. The monoisotopic (exact) mass is 324 g/mol. The minimum atomic E-state index is -3.30. The van der Waals surface area contributed by atoms with Crippen LogP contribution in [-0.2, 0) is 16.0 Å². The second kappa shape index (κ2) is 4.51. The number of fused-ring (bicyclic) bond motifs is 1. The first kappa shape index (κ1) is 12.1. The fraction of sp³-hybridized carbons (Fsp3) is 0.333. The second-order valence-corrected chi connectivity index (χ2v) is 7.63. The highest BCUT2D eigenvalue weighted by Gasteiger charge is 2.26. The topological polar surface area (TPSA) is 52.6 Å². The van der Waals surface area contributed by atoms with Gasteiger partial charge in [-0.05, 0) is 18.9 Å². The molecule has 2 rings (SSSR count). The van der Waals surface area contributed by atoms with Crippen molar-refractivity contribution < 1.29 is 17.9 Å². The summed E-state index contributed by atoms with van der Waals surface area (Å²) in [6.07, 6.45) is 1.85. The lowest BCUT2D eigenvalue weighted by molar-refractivity contribution is 0.172. The van der Waals surface area contributed by atoms with E-state index in [9.17, 15) is 8.42 Å². The predicted octanol–water partition coefficient (Wildman–Crippen LogP) is 2.31. The molecule has 1 atom stereocenters. The van der Waals surface area contributed by atoms with E-state index in [1.807, 2.05) is 0 Å². The van der Waals surface area contributed by atoms with Crippen molar-refractivity contribution in [2.75, 3.05) is 13.0 Å². The number of ether oxygens (including phenoxy) is 2. The molecule has 0 N–H and O–H groups in total. The molecule has 1 aromatic carbocycles. The van der Waals surface area contributed by atoms with E-state index in [0.29, 0.717) is 24.9 Å². The molecular weight excluding hydrogens is 315 g/mol. The molecule has 16 heavy (non-hydrogen) atoms. The van der Waals surface area contributed by atoms with Crippen molar-refractivity contribution in [1.29, 1.82) is 0 Å². The van der Waals surface area contributed by atoms with Crippen LogP contribution in [0.2, 0.25) is 0 Å². The smallest absolute Gasteiger partial charge is 0.231 e. The van der Waals surface area contributed by atoms with E-state index in [4.69, 9.17) is 9.47 Å². The van der Waals surface area contributed by atoms with Crippen molar-refractivity contribution in [1.82, 2.24) is 0 Å². The average molecular weight is 325 g/mol. The van der Waals surface area contributed by atoms with Gasteiger partial charge < -0.3 is 9.47 Å². The molecule has 0 radical (unpaired) electrons. The Labute approximate surface area is 104 Å². The SMILES string of the molecule is CS(=O)(=O)c1c(CPBr)ccc2c1OCO2. The van der Waals surface area contributed by atoms with Gasteiger partial charge in [-0.1, -0.05) is 21.6 Å². The largest absolute Gasteiger partial charge is 0.454 e. The maximum absolute atomic E-state index is 11.7. The lowest BCUT2D eigenvalue weighted by atomic mass is 10.2. The Morgan fingerprint density at radius 3 is 2.81 bits per heavy atom. The van der Waals surface area contributed by atoms with E-state index in [1.165, 1.54) is 6.26 Å². The summed E-state index contributed by atoms with van der Waals surface area (Å²) in [4.78, 5) is 0.259. The van der Waals surface area contributed by atoms with Gasteiger partial charge >= 0.3 is 0 Å². The fourth-order valence-corrected chi connectivity index (χ4v) is 4.19. The van der Waals surface area contributed by atoms with Crippen molar-refractivity contribution >= 4 is 32.6 Å². The van der Waals surface area contributed by atoms with Crippen LogP contribution in [0, 0.1) is 0 Å². The van der Waals surface area contributed by atoms with Crippen LogP contribution in [0.1, 0.15) is 5.56 Å². The van der Waals surface area contributed by atoms with Crippen LogP contribution < -0.4 is 9.47 Å². The Morgan fingerprint density at radius 1 is 1.44 bits per heavy atom. The lowest BCUT2D eigenvalue weighted by Gasteiger charge is -2.09. The standard InChI is InChI=1S/C9H10BrO4PS/c1-16(11,12)9-6(4-15-10)2-3-7-8(9)14-5-13-7/h2-3,15H,4-5H2,1H3. The first-order valence-electron chi connectivity index (χ1n) is 4.49. The van der Waals surface area contributed by atoms with Crippen molar-refractivity contribution in [2.24, 2.45) is 0 Å². The van der Waals surface area contributed by atoms with Crippen LogP contribution in [-0.4, -0.2) is 21.5 Å². The number of sulfone groups is 1. The van der Waals surface area contributed by atoms with E-state index >= 15 is 0 Å². The molecule has 0 amide bonds. The van der Waals surface area contributed by atoms with Crippen LogP contribution in [0.5, 0.6) is 11.5 Å². The van der Waals surface area contributed by atoms with Crippen molar-refractivity contribution in [2.45, 2.75) is 11.1 Å². The van der Waals surface area contributed by atoms with Gasteiger partial charge in [-0.2, -0.15) is 0 Å². The Bertz CT molecular complexity index is 514. The maximum Gasteiger partial charge on any atom is 0.231 e. The fourth-order valence-electron chi connectivity index (χ4n) is 1.61. The average Bonchev–Trinajstić information content (AvgIpc) is 2.63. The summed E-state index contributed by atoms with van der Waals surface area (Å²) in [5, 5.41) is 0. The van der Waals surface area contributed by atoms with Gasteiger partial charge in [-0.15, -0.1) is 0 Å². The van der Waals surface area contributed by atoms with Gasteiger partial charge in [-0.3, -0.25) is 0 Å². The summed E-state index contributed by atoms with van der Waals surface area (Å²) in [6, 6.07) is 3.53. The predicted molar refractivity (Wildman–Crippen MR) is 66.6 cm³/mol. The van der Waals surface area contributed by atoms with Crippen LogP contribution in [0.25, 0.3) is 0 Å². The number of benzene rings is 1. The molecule has 7 heteroatoms. The van der Waals surface area contributed by atoms with Gasteiger partial charge in [0, 0.05) is 12.4 Å². The van der Waals surface area contributed by atoms with E-state index in [1.54, 1.807) is 12.1 Å². The molecule has 1 heterocycles. The maximum atomic E-state index is 11.7. The first-order chi connectivity index (χ1) is 7.54. The molecule has 0 aromatic heterocycles. The Kier molecular flexibility index (Phi) is 3.42. The van der Waals surface area contributed by atoms with Gasteiger partial charge in [-0.25, -0.2) is 8.42 Å². The molecule has 0 bridgehead atoms. The Morgan fingerprint density at radius 2 is 2.19 bits per heavy atom. The number of halogens is 1. The highest BCUT2D eigenvalue weighted by atomic mass is 79.9. The first-order valence-corrected chi connectivity index (χ1v) is 9.84. The summed E-state index contributed by atoms with van der Waals surface area (Å²) in [7, 11) is -2.82. The van der Waals surface area contributed by atoms with Gasteiger partial charge in [0.25, 0.3) is 0 Å². The molecule has 4 nitrogen and oxygen atoms in total. The Hall–Kier alpha value is -0.320. The van der Waals surface area contributed by atoms with Crippen LogP contribution >= 0.6 is 22.8 Å². The van der Waals surface area contributed by atoms with Gasteiger partial charge in [0.2, 0.25) is 6.79 Å². The zero-order valence-corrected chi connectivity index (χ0v) is 11.9. The van der Waals surface area contributed by atoms with Crippen molar-refractivity contribution in [3.05, 3.63) is 17.7 Å². The quantitative estimate of drug-likeness (QED) is 0.801. The number of hydrogen-bond donors (Lipinski definition) is 0. The summed E-state index contributed by atoms with van der Waals surface area (Å²) >= 11 is 3.33. The normalized spacial score (nSPS) is 14.9. The zero-order valence-electron chi connectivity index (χ0n) is 8.49. The van der Waals surface area contributed by atoms with E-state index in [-0.39, 0.29) is 11.7 Å². The summed E-state index contributed by atoms with van der Waals surface area (Å²) in [6.45, 7) is 0.0813. The summed E-state index contributed by atoms with van der Waals surface area (Å²) in [5.74, 6) is 0.854. The number of rotatable bonds is 3. The molecule has 1 aliphatic rings. The third-order valence-corrected chi connectivity index (χ3v) is 4.75. The second-order valence-electron chi connectivity index (χ2n) is 3.37. The molecule has 0 spiro atoms. The van der Waals surface area contributed by atoms with E-state index in [0.717, 1.165) is 5.56 Å². The zero-order chi connectivity index (χ0) is 11.8. The third kappa shape index (κ3) is 2.19. The van der Waals surface area contributed by atoms with E-state index in [2.05, 4.69) is 15.5 Å². The van der Waals surface area contributed by atoms with Crippen LogP contribution in [0.15, 0.2) is 17.0 Å². The van der Waals surface area contributed by atoms with Gasteiger partial charge in [0.1, 0.15) is 4.90 Å². The van der Waals surface area contributed by atoms with Crippen LogP contribution in [0.4, 0.5) is 0 Å². The summed E-state index contributed by atoms with van der Waals surface area (Å²) in [5.41, 5.74) is 0.766. The molecule has 88 valence electrons. The summed E-state index contributed by atoms with van der Waals surface area (Å²) < 4.78 is 33.9. The highest BCUT2D eigenvalue weighted by Crippen LogP contribution is 2.42. The minimum Gasteiger partial charge on any atom is -0.454 e. The van der Waals surface area contributed by atoms with Crippen molar-refractivity contribution in [3.8, 4) is 11.5 Å². The van der Waals surface area contributed by atoms with Crippen molar-refractivity contribution in [3.63, 3.8) is 0 Å². The highest BCUT2D eigenvalue weighted by molar-refractivity contribution is 9.36. The lowest BCUT2D eigenvalue weighted by Crippen LogP contribution is -2.03. The third-order valence-electron chi connectivity index (χ3n) is 2.20. The Balaban J connectivity index is 2.65. The van der Waals surface area contributed by atoms with E-state index < -0.39 is 9.84 Å². The number of hydrogen-bond acceptors (Lipinski definition) is 4. The molecule has 0 aliphatic carbocycles. The van der Waals surface area contributed by atoms with Gasteiger partial charge in [0.05, 0.1) is 0 Å². The molecule has 0 fully saturated rings. The minimum absolute atomic E-state index is 0.0813.